The van der Waals surface area contributed by atoms with E-state index < -0.39 is 39.6 Å². The van der Waals surface area contributed by atoms with E-state index in [2.05, 4.69) is 5.32 Å². The van der Waals surface area contributed by atoms with E-state index >= 15 is 0 Å². The van der Waals surface area contributed by atoms with Gasteiger partial charge in [0.1, 0.15) is 6.04 Å². The minimum Gasteiger partial charge on any atom is -0.324 e. The Morgan fingerprint density at radius 1 is 1.10 bits per heavy atom. The number of carbonyl (C=O) groups is 2. The molecule has 166 valence electrons. The molecule has 2 aromatic carbocycles. The van der Waals surface area contributed by atoms with Crippen LogP contribution in [0.2, 0.25) is 0 Å². The van der Waals surface area contributed by atoms with Gasteiger partial charge in [-0.3, -0.25) is 9.59 Å². The third kappa shape index (κ3) is 4.43. The van der Waals surface area contributed by atoms with Gasteiger partial charge in [-0.2, -0.15) is 13.2 Å². The van der Waals surface area contributed by atoms with Crippen LogP contribution in [0.4, 0.5) is 18.9 Å². The molecule has 2 amide bonds. The quantitative estimate of drug-likeness (QED) is 0.758. The highest BCUT2D eigenvalue weighted by molar-refractivity contribution is 7.89. The molecule has 10 heteroatoms. The molecule has 0 radical (unpaired) electrons. The van der Waals surface area contributed by atoms with Crippen LogP contribution in [0.15, 0.2) is 41.3 Å². The maximum Gasteiger partial charge on any atom is 0.416 e. The molecule has 6 nitrogen and oxygen atoms in total. The van der Waals surface area contributed by atoms with Crippen LogP contribution in [0.3, 0.4) is 0 Å². The summed E-state index contributed by atoms with van der Waals surface area (Å²) < 4.78 is 66.0. The number of anilines is 1. The van der Waals surface area contributed by atoms with Gasteiger partial charge in [-0.1, -0.05) is 23.8 Å². The zero-order valence-electron chi connectivity index (χ0n) is 17.1. The summed E-state index contributed by atoms with van der Waals surface area (Å²) in [6.45, 7) is 5.01. The number of nitrogens with one attached hydrogen (secondary N) is 1. The van der Waals surface area contributed by atoms with Crippen LogP contribution in [-0.2, 0) is 25.8 Å². The van der Waals surface area contributed by atoms with E-state index in [0.717, 1.165) is 23.8 Å². The van der Waals surface area contributed by atoms with E-state index in [4.69, 9.17) is 0 Å². The zero-order chi connectivity index (χ0) is 23.1. The van der Waals surface area contributed by atoms with Crippen molar-refractivity contribution >= 4 is 27.5 Å². The molecule has 0 bridgehead atoms. The summed E-state index contributed by atoms with van der Waals surface area (Å²) in [5, 5.41) is 2.31. The van der Waals surface area contributed by atoms with Gasteiger partial charge in [-0.25, -0.2) is 12.7 Å². The fourth-order valence-electron chi connectivity index (χ4n) is 3.87. The lowest BCUT2D eigenvalue weighted by atomic mass is 10.1. The van der Waals surface area contributed by atoms with Gasteiger partial charge in [0.25, 0.3) is 10.0 Å². The second kappa shape index (κ2) is 7.99. The number of carbonyl (C=O) groups excluding carboxylic acids is 2. The van der Waals surface area contributed by atoms with E-state index in [1.54, 1.807) is 26.0 Å². The highest BCUT2D eigenvalue weighted by Crippen LogP contribution is 2.33. The van der Waals surface area contributed by atoms with Crippen molar-refractivity contribution in [2.45, 2.75) is 50.7 Å². The van der Waals surface area contributed by atoms with Gasteiger partial charge in [-0.05, 0) is 56.5 Å². The van der Waals surface area contributed by atoms with Crippen molar-refractivity contribution in [3.63, 3.8) is 0 Å². The van der Waals surface area contributed by atoms with E-state index in [-0.39, 0.29) is 23.4 Å². The predicted octanol–water partition coefficient (Wildman–Crippen LogP) is 3.95. The van der Waals surface area contributed by atoms with Crippen molar-refractivity contribution in [3.8, 4) is 0 Å². The molecule has 1 aliphatic rings. The van der Waals surface area contributed by atoms with Gasteiger partial charge in [0.15, 0.2) is 0 Å². The Balaban J connectivity index is 1.94. The number of aryl methyl sites for hydroxylation is 3. The van der Waals surface area contributed by atoms with Crippen molar-refractivity contribution in [1.29, 1.82) is 0 Å². The smallest absolute Gasteiger partial charge is 0.324 e. The summed E-state index contributed by atoms with van der Waals surface area (Å²) in [5.74, 6) is -1.60. The molecule has 1 atom stereocenters. The highest BCUT2D eigenvalue weighted by atomic mass is 32.2. The molecule has 0 aliphatic carbocycles. The molecule has 1 aliphatic heterocycles. The Morgan fingerprint density at radius 2 is 1.71 bits per heavy atom. The van der Waals surface area contributed by atoms with Crippen LogP contribution in [0, 0.1) is 20.8 Å². The molecule has 1 heterocycles. The maximum atomic E-state index is 13.3. The standard InChI is InChI=1S/C21H21F3N2O4S/c1-12-9-13(2)19(14(3)10-12)31(29,30)26-17(7-8-18(26)27)20(28)25-16-6-4-5-15(11-16)21(22,23)24/h4-6,9-11,17H,7-8H2,1-3H3,(H,25,28)/t17-/m0/s1. The van der Waals surface area contributed by atoms with Crippen LogP contribution >= 0.6 is 0 Å². The molecule has 1 saturated heterocycles. The molecular weight excluding hydrogens is 433 g/mol. The summed E-state index contributed by atoms with van der Waals surface area (Å²) in [5.41, 5.74) is 0.631. The normalized spacial score (nSPS) is 17.2. The van der Waals surface area contributed by atoms with Crippen LogP contribution in [-0.4, -0.2) is 30.6 Å². The first-order chi connectivity index (χ1) is 14.3. The second-order valence-corrected chi connectivity index (χ2v) is 9.30. The lowest BCUT2D eigenvalue weighted by Crippen LogP contribution is -2.45. The largest absolute Gasteiger partial charge is 0.416 e. The zero-order valence-corrected chi connectivity index (χ0v) is 17.9. The monoisotopic (exact) mass is 454 g/mol. The number of sulfonamides is 1. The summed E-state index contributed by atoms with van der Waals surface area (Å²) in [7, 11) is -4.34. The van der Waals surface area contributed by atoms with E-state index in [0.29, 0.717) is 15.4 Å². The van der Waals surface area contributed by atoms with E-state index in [1.807, 2.05) is 6.92 Å². The maximum absolute atomic E-state index is 13.3. The van der Waals surface area contributed by atoms with Crippen LogP contribution in [0.25, 0.3) is 0 Å². The summed E-state index contributed by atoms with van der Waals surface area (Å²) in [4.78, 5) is 25.2. The van der Waals surface area contributed by atoms with Crippen molar-refractivity contribution in [3.05, 3.63) is 58.7 Å². The van der Waals surface area contributed by atoms with Crippen molar-refractivity contribution in [1.82, 2.24) is 4.31 Å². The Labute approximate surface area is 178 Å². The number of benzene rings is 2. The van der Waals surface area contributed by atoms with Gasteiger partial charge < -0.3 is 5.32 Å². The van der Waals surface area contributed by atoms with E-state index in [1.165, 1.54) is 6.07 Å². The first kappa shape index (κ1) is 22.8. The van der Waals surface area contributed by atoms with E-state index in [9.17, 15) is 31.2 Å². The van der Waals surface area contributed by atoms with Crippen LogP contribution in [0.5, 0.6) is 0 Å². The van der Waals surface area contributed by atoms with Gasteiger partial charge in [0.2, 0.25) is 11.8 Å². The van der Waals surface area contributed by atoms with Gasteiger partial charge in [0.05, 0.1) is 10.5 Å². The molecular formula is C21H21F3N2O4S. The van der Waals surface area contributed by atoms with Gasteiger partial charge in [-0.15, -0.1) is 0 Å². The molecule has 0 spiro atoms. The summed E-state index contributed by atoms with van der Waals surface area (Å²) in [6, 6.07) is 5.97. The van der Waals surface area contributed by atoms with Gasteiger partial charge >= 0.3 is 6.18 Å². The molecule has 0 saturated carbocycles. The number of nitrogens with zero attached hydrogens (tertiary/aromatic N) is 1. The molecule has 0 aromatic heterocycles. The summed E-state index contributed by atoms with van der Waals surface area (Å²) in [6.07, 6.45) is -4.82. The average Bonchev–Trinajstić information content (AvgIpc) is 3.02. The minimum absolute atomic E-state index is 0.0507. The fourth-order valence-corrected chi connectivity index (χ4v) is 5.90. The summed E-state index contributed by atoms with van der Waals surface area (Å²) >= 11 is 0. The number of amides is 2. The molecule has 31 heavy (non-hydrogen) atoms. The topological polar surface area (TPSA) is 83.6 Å². The van der Waals surface area contributed by atoms with Crippen molar-refractivity contribution in [2.24, 2.45) is 0 Å². The first-order valence-electron chi connectivity index (χ1n) is 9.45. The molecule has 2 aromatic rings. The third-order valence-electron chi connectivity index (χ3n) is 5.04. The Morgan fingerprint density at radius 3 is 2.29 bits per heavy atom. The van der Waals surface area contributed by atoms with Crippen molar-refractivity contribution in [2.75, 3.05) is 5.32 Å². The number of alkyl halides is 3. The van der Waals surface area contributed by atoms with Crippen molar-refractivity contribution < 1.29 is 31.2 Å². The molecule has 1 N–H and O–H groups in total. The lowest BCUT2D eigenvalue weighted by Gasteiger charge is -2.25. The number of halogens is 3. The molecule has 3 rings (SSSR count). The number of rotatable bonds is 4. The second-order valence-electron chi connectivity index (χ2n) is 7.54. The Hall–Kier alpha value is -2.88. The third-order valence-corrected chi connectivity index (χ3v) is 7.18. The average molecular weight is 454 g/mol. The Bertz CT molecular complexity index is 1140. The SMILES string of the molecule is Cc1cc(C)c(S(=O)(=O)N2C(=O)CC[C@H]2C(=O)Nc2cccc(C(F)(F)F)c2)c(C)c1. The van der Waals surface area contributed by atoms with Crippen LogP contribution in [0.1, 0.15) is 35.1 Å². The first-order valence-corrected chi connectivity index (χ1v) is 10.9. The number of hydrogen-bond acceptors (Lipinski definition) is 4. The lowest BCUT2D eigenvalue weighted by molar-refractivity contribution is -0.137. The molecule has 0 unspecified atom stereocenters. The highest BCUT2D eigenvalue weighted by Gasteiger charge is 2.45. The predicted molar refractivity (Wildman–Crippen MR) is 108 cm³/mol. The van der Waals surface area contributed by atoms with Gasteiger partial charge in [0, 0.05) is 12.1 Å². The minimum atomic E-state index is -4.60. The Kier molecular flexibility index (Phi) is 5.88. The number of hydrogen-bond donors (Lipinski definition) is 1. The molecule has 1 fully saturated rings. The van der Waals surface area contributed by atoms with Crippen LogP contribution < -0.4 is 5.32 Å². The fraction of sp³-hybridized carbons (Fsp3) is 0.333.